The van der Waals surface area contributed by atoms with Gasteiger partial charge in [-0.1, -0.05) is 20.3 Å². The molecule has 2 rings (SSSR count). The van der Waals surface area contributed by atoms with Crippen molar-refractivity contribution in [2.24, 2.45) is 5.92 Å². The van der Waals surface area contributed by atoms with Crippen molar-refractivity contribution in [3.63, 3.8) is 0 Å². The molecule has 0 N–H and O–H groups in total. The van der Waals surface area contributed by atoms with Crippen molar-refractivity contribution in [3.8, 4) is 11.5 Å². The van der Waals surface area contributed by atoms with Crippen LogP contribution in [-0.2, 0) is 9.53 Å². The van der Waals surface area contributed by atoms with Crippen LogP contribution in [-0.4, -0.2) is 24.5 Å². The fourth-order valence-electron chi connectivity index (χ4n) is 2.07. The van der Waals surface area contributed by atoms with Crippen LogP contribution in [0, 0.1) is 5.92 Å². The van der Waals surface area contributed by atoms with Crippen LogP contribution in [0.1, 0.15) is 47.9 Å². The number of esters is 3. The zero-order valence-electron chi connectivity index (χ0n) is 15.6. The molecule has 1 unspecified atom stereocenters. The molecular weight excluding hydrogens is 348 g/mol. The van der Waals surface area contributed by atoms with Crippen molar-refractivity contribution in [2.45, 2.75) is 27.2 Å². The molecule has 0 saturated heterocycles. The summed E-state index contributed by atoms with van der Waals surface area (Å²) in [6, 6.07) is 12.2. The zero-order chi connectivity index (χ0) is 19.8. The van der Waals surface area contributed by atoms with Gasteiger partial charge in [0.05, 0.1) is 17.7 Å². The van der Waals surface area contributed by atoms with Crippen molar-refractivity contribution >= 4 is 17.9 Å². The van der Waals surface area contributed by atoms with Crippen LogP contribution in [0.3, 0.4) is 0 Å². The molecule has 0 radical (unpaired) electrons. The third kappa shape index (κ3) is 6.26. The van der Waals surface area contributed by atoms with E-state index in [0.717, 1.165) is 6.42 Å². The molecule has 0 aliphatic heterocycles. The van der Waals surface area contributed by atoms with E-state index < -0.39 is 17.9 Å². The minimum Gasteiger partial charge on any atom is -0.462 e. The van der Waals surface area contributed by atoms with E-state index in [4.69, 9.17) is 14.2 Å². The lowest BCUT2D eigenvalue weighted by Gasteiger charge is -2.10. The fourth-order valence-corrected chi connectivity index (χ4v) is 2.07. The van der Waals surface area contributed by atoms with E-state index >= 15 is 0 Å². The molecule has 0 aliphatic carbocycles. The van der Waals surface area contributed by atoms with Crippen molar-refractivity contribution in [1.82, 2.24) is 0 Å². The Bertz CT molecular complexity index is 792. The lowest BCUT2D eigenvalue weighted by atomic mass is 10.1. The summed E-state index contributed by atoms with van der Waals surface area (Å²) in [5.74, 6) is -0.443. The smallest absolute Gasteiger partial charge is 0.343 e. The lowest BCUT2D eigenvalue weighted by Crippen LogP contribution is -2.12. The van der Waals surface area contributed by atoms with Gasteiger partial charge in [-0.15, -0.1) is 0 Å². The second kappa shape index (κ2) is 9.52. The molecule has 0 heterocycles. The maximum absolute atomic E-state index is 12.2. The Morgan fingerprint density at radius 1 is 0.815 bits per heavy atom. The highest BCUT2D eigenvalue weighted by Gasteiger charge is 2.12. The van der Waals surface area contributed by atoms with Crippen LogP contribution in [0.5, 0.6) is 11.5 Å². The van der Waals surface area contributed by atoms with Gasteiger partial charge in [-0.25, -0.2) is 9.59 Å². The normalized spacial score (nSPS) is 11.4. The Morgan fingerprint density at radius 3 is 1.78 bits per heavy atom. The average molecular weight is 370 g/mol. The number of hydrogen-bond donors (Lipinski definition) is 0. The van der Waals surface area contributed by atoms with Gasteiger partial charge in [-0.05, 0) is 54.4 Å². The highest BCUT2D eigenvalue weighted by atomic mass is 16.5. The van der Waals surface area contributed by atoms with E-state index in [1.54, 1.807) is 12.1 Å². The van der Waals surface area contributed by atoms with Gasteiger partial charge < -0.3 is 14.2 Å². The first kappa shape index (κ1) is 20.2. The van der Waals surface area contributed by atoms with Crippen LogP contribution in [0.4, 0.5) is 0 Å². The summed E-state index contributed by atoms with van der Waals surface area (Å²) in [5, 5.41) is 0. The van der Waals surface area contributed by atoms with Crippen LogP contribution in [0.2, 0.25) is 0 Å². The molecule has 0 bridgehead atoms. The number of benzene rings is 2. The van der Waals surface area contributed by atoms with Crippen LogP contribution in [0.15, 0.2) is 48.5 Å². The van der Waals surface area contributed by atoms with Gasteiger partial charge in [0, 0.05) is 6.92 Å². The number of rotatable bonds is 7. The molecule has 0 aliphatic rings. The summed E-state index contributed by atoms with van der Waals surface area (Å²) in [7, 11) is 0. The number of ether oxygens (including phenoxy) is 3. The Labute approximate surface area is 158 Å². The maximum Gasteiger partial charge on any atom is 0.343 e. The van der Waals surface area contributed by atoms with Gasteiger partial charge in [0.1, 0.15) is 11.5 Å². The van der Waals surface area contributed by atoms with Gasteiger partial charge in [0.2, 0.25) is 0 Å². The fraction of sp³-hybridized carbons (Fsp3) is 0.286. The molecular formula is C21H22O6. The summed E-state index contributed by atoms with van der Waals surface area (Å²) >= 11 is 0. The second-order valence-corrected chi connectivity index (χ2v) is 6.14. The largest absolute Gasteiger partial charge is 0.462 e. The summed E-state index contributed by atoms with van der Waals surface area (Å²) in [5.41, 5.74) is 0.701. The summed E-state index contributed by atoms with van der Waals surface area (Å²) in [6.45, 7) is 5.71. The van der Waals surface area contributed by atoms with E-state index in [1.165, 1.54) is 43.3 Å². The summed E-state index contributed by atoms with van der Waals surface area (Å²) in [6.07, 6.45) is 0.935. The Hall–Kier alpha value is -3.15. The molecule has 0 amide bonds. The van der Waals surface area contributed by atoms with Crippen LogP contribution >= 0.6 is 0 Å². The topological polar surface area (TPSA) is 78.9 Å². The average Bonchev–Trinajstić information content (AvgIpc) is 2.66. The minimum atomic E-state index is -0.559. The molecule has 0 saturated carbocycles. The third-order valence-corrected chi connectivity index (χ3v) is 3.85. The molecule has 1 atom stereocenters. The Morgan fingerprint density at radius 2 is 1.30 bits per heavy atom. The molecule has 6 heteroatoms. The van der Waals surface area contributed by atoms with Crippen molar-refractivity contribution in [1.29, 1.82) is 0 Å². The van der Waals surface area contributed by atoms with E-state index in [9.17, 15) is 14.4 Å². The van der Waals surface area contributed by atoms with Gasteiger partial charge in [-0.2, -0.15) is 0 Å². The SMILES string of the molecule is CCC(C)COC(=O)c1ccc(OC(=O)c2ccc(OC(C)=O)cc2)cc1. The van der Waals surface area contributed by atoms with Gasteiger partial charge >= 0.3 is 17.9 Å². The van der Waals surface area contributed by atoms with Crippen LogP contribution < -0.4 is 9.47 Å². The molecule has 142 valence electrons. The molecule has 27 heavy (non-hydrogen) atoms. The highest BCUT2D eigenvalue weighted by Crippen LogP contribution is 2.17. The van der Waals surface area contributed by atoms with E-state index in [1.807, 2.05) is 13.8 Å². The molecule has 6 nitrogen and oxygen atoms in total. The van der Waals surface area contributed by atoms with Crippen LogP contribution in [0.25, 0.3) is 0 Å². The van der Waals surface area contributed by atoms with E-state index in [2.05, 4.69) is 0 Å². The third-order valence-electron chi connectivity index (χ3n) is 3.85. The standard InChI is InChI=1S/C21H22O6/c1-4-14(2)13-25-20(23)16-5-11-19(12-6-16)27-21(24)17-7-9-18(10-8-17)26-15(3)22/h5-12,14H,4,13H2,1-3H3. The molecule has 0 spiro atoms. The van der Waals surface area contributed by atoms with Gasteiger partial charge in [0.25, 0.3) is 0 Å². The first-order chi connectivity index (χ1) is 12.9. The molecule has 2 aromatic rings. The lowest BCUT2D eigenvalue weighted by molar-refractivity contribution is -0.131. The van der Waals surface area contributed by atoms with E-state index in [-0.39, 0.29) is 0 Å². The Kier molecular flexibility index (Phi) is 7.11. The molecule has 0 aromatic heterocycles. The van der Waals surface area contributed by atoms with E-state index in [0.29, 0.717) is 35.2 Å². The summed E-state index contributed by atoms with van der Waals surface area (Å²) in [4.78, 5) is 35.0. The highest BCUT2D eigenvalue weighted by molar-refractivity contribution is 5.92. The predicted molar refractivity (Wildman–Crippen MR) is 98.9 cm³/mol. The number of carbonyl (C=O) groups excluding carboxylic acids is 3. The second-order valence-electron chi connectivity index (χ2n) is 6.14. The number of carbonyl (C=O) groups is 3. The molecule has 0 fully saturated rings. The van der Waals surface area contributed by atoms with Gasteiger partial charge in [-0.3, -0.25) is 4.79 Å². The first-order valence-electron chi connectivity index (χ1n) is 8.67. The van der Waals surface area contributed by atoms with Gasteiger partial charge in [0.15, 0.2) is 0 Å². The van der Waals surface area contributed by atoms with Crippen molar-refractivity contribution < 1.29 is 28.6 Å². The molecule has 2 aromatic carbocycles. The minimum absolute atomic E-state index is 0.307. The van der Waals surface area contributed by atoms with Crippen molar-refractivity contribution in [2.75, 3.05) is 6.61 Å². The quantitative estimate of drug-likeness (QED) is 0.541. The van der Waals surface area contributed by atoms with Crippen molar-refractivity contribution in [3.05, 3.63) is 59.7 Å². The Balaban J connectivity index is 1.94. The summed E-state index contributed by atoms with van der Waals surface area (Å²) < 4.78 is 15.4. The first-order valence-corrected chi connectivity index (χ1v) is 8.67. The monoisotopic (exact) mass is 370 g/mol. The zero-order valence-corrected chi connectivity index (χ0v) is 15.6. The maximum atomic E-state index is 12.2. The number of hydrogen-bond acceptors (Lipinski definition) is 6. The predicted octanol–water partition coefficient (Wildman–Crippen LogP) is 4.03.